The van der Waals surface area contributed by atoms with Crippen LogP contribution in [0.5, 0.6) is 0 Å². The molecule has 4 rings (SSSR count). The molecule has 0 amide bonds. The van der Waals surface area contributed by atoms with Gasteiger partial charge in [0.1, 0.15) is 0 Å². The van der Waals surface area contributed by atoms with Crippen LogP contribution in [-0.4, -0.2) is 60.0 Å². The van der Waals surface area contributed by atoms with Gasteiger partial charge in [0.05, 0.1) is 18.5 Å². The lowest BCUT2D eigenvalue weighted by Gasteiger charge is -2.24. The number of likely N-dealkylation sites (tertiary alicyclic amines) is 1. The first-order valence-electron chi connectivity index (χ1n) is 9.98. The van der Waals surface area contributed by atoms with Crippen LogP contribution >= 0.6 is 24.0 Å². The van der Waals surface area contributed by atoms with E-state index in [9.17, 15) is 0 Å². The van der Waals surface area contributed by atoms with E-state index < -0.39 is 0 Å². The standard InChI is InChI=1S/C21H29N5O.HI/c1-2-22-20(25-12-9-21(16-25)10-13-27-17-21)23-11-8-18-14-24-26(15-18)19-6-4-3-5-7-19;/h3-7,14-15H,2,8-13,16-17H2,1H3,(H,22,23);1H. The second-order valence-electron chi connectivity index (χ2n) is 7.59. The Bertz CT molecular complexity index is 770. The third-order valence-corrected chi connectivity index (χ3v) is 5.58. The molecule has 2 aromatic rings. The summed E-state index contributed by atoms with van der Waals surface area (Å²) in [5.74, 6) is 1.04. The molecule has 28 heavy (non-hydrogen) atoms. The summed E-state index contributed by atoms with van der Waals surface area (Å²) in [6.07, 6.45) is 7.32. The number of para-hydroxylation sites is 1. The average Bonchev–Trinajstić information content (AvgIpc) is 3.44. The van der Waals surface area contributed by atoms with Gasteiger partial charge in [-0.05, 0) is 43.9 Å². The van der Waals surface area contributed by atoms with E-state index in [1.54, 1.807) is 0 Å². The molecule has 0 saturated carbocycles. The van der Waals surface area contributed by atoms with E-state index in [2.05, 4.69) is 40.6 Å². The molecule has 1 atom stereocenters. The second kappa shape index (κ2) is 9.73. The number of hydrogen-bond acceptors (Lipinski definition) is 3. The van der Waals surface area contributed by atoms with Gasteiger partial charge in [-0.1, -0.05) is 18.2 Å². The number of ether oxygens (including phenoxy) is 1. The van der Waals surface area contributed by atoms with Crippen LogP contribution < -0.4 is 5.32 Å². The predicted octanol–water partition coefficient (Wildman–Crippen LogP) is 3.11. The van der Waals surface area contributed by atoms with E-state index in [-0.39, 0.29) is 24.0 Å². The van der Waals surface area contributed by atoms with Crippen molar-refractivity contribution in [2.45, 2.75) is 26.2 Å². The zero-order valence-electron chi connectivity index (χ0n) is 16.5. The molecule has 2 fully saturated rings. The Labute approximate surface area is 184 Å². The van der Waals surface area contributed by atoms with E-state index in [1.165, 1.54) is 18.4 Å². The molecule has 1 spiro atoms. The van der Waals surface area contributed by atoms with Crippen molar-refractivity contribution in [3.05, 3.63) is 48.3 Å². The number of hydrogen-bond donors (Lipinski definition) is 1. The van der Waals surface area contributed by atoms with E-state index in [1.807, 2.05) is 29.1 Å². The molecule has 1 N–H and O–H groups in total. The number of halogens is 1. The van der Waals surface area contributed by atoms with Crippen molar-refractivity contribution in [1.82, 2.24) is 20.0 Å². The first-order valence-corrected chi connectivity index (χ1v) is 9.98. The number of guanidine groups is 1. The van der Waals surface area contributed by atoms with Crippen molar-refractivity contribution in [2.24, 2.45) is 10.4 Å². The van der Waals surface area contributed by atoms with Gasteiger partial charge < -0.3 is 15.0 Å². The molecular weight excluding hydrogens is 465 g/mol. The van der Waals surface area contributed by atoms with Crippen molar-refractivity contribution in [2.75, 3.05) is 39.4 Å². The van der Waals surface area contributed by atoms with Crippen molar-refractivity contribution in [3.63, 3.8) is 0 Å². The van der Waals surface area contributed by atoms with Gasteiger partial charge in [-0.15, -0.1) is 24.0 Å². The van der Waals surface area contributed by atoms with Gasteiger partial charge in [0.15, 0.2) is 5.96 Å². The maximum Gasteiger partial charge on any atom is 0.193 e. The highest BCUT2D eigenvalue weighted by Gasteiger charge is 2.42. The summed E-state index contributed by atoms with van der Waals surface area (Å²) in [6.45, 7) is 7.73. The molecule has 2 aliphatic heterocycles. The first kappa shape index (κ1) is 21.1. The summed E-state index contributed by atoms with van der Waals surface area (Å²) in [5, 5.41) is 7.94. The van der Waals surface area contributed by atoms with Crippen LogP contribution in [0.25, 0.3) is 5.69 Å². The van der Waals surface area contributed by atoms with E-state index >= 15 is 0 Å². The lowest BCUT2D eigenvalue weighted by molar-refractivity contribution is 0.156. The Morgan fingerprint density at radius 2 is 2.14 bits per heavy atom. The minimum atomic E-state index is 0. The largest absolute Gasteiger partial charge is 0.381 e. The molecule has 0 bridgehead atoms. The van der Waals surface area contributed by atoms with E-state index in [0.717, 1.165) is 57.5 Å². The Balaban J connectivity index is 0.00000225. The van der Waals surface area contributed by atoms with Crippen molar-refractivity contribution >= 4 is 29.9 Å². The zero-order chi connectivity index (χ0) is 18.5. The van der Waals surface area contributed by atoms with Crippen LogP contribution in [0.15, 0.2) is 47.7 Å². The fourth-order valence-corrected chi connectivity index (χ4v) is 4.02. The SMILES string of the molecule is CCNC(=NCCc1cnn(-c2ccccc2)c1)N1CCC2(CCOC2)C1.I. The Hall–Kier alpha value is -1.61. The number of aliphatic imine (C=N–C) groups is 1. The monoisotopic (exact) mass is 495 g/mol. The fourth-order valence-electron chi connectivity index (χ4n) is 4.02. The topological polar surface area (TPSA) is 54.7 Å². The smallest absolute Gasteiger partial charge is 0.193 e. The highest BCUT2D eigenvalue weighted by Crippen LogP contribution is 2.38. The van der Waals surface area contributed by atoms with Crippen molar-refractivity contribution < 1.29 is 4.74 Å². The van der Waals surface area contributed by atoms with E-state index in [0.29, 0.717) is 5.41 Å². The Morgan fingerprint density at radius 1 is 1.29 bits per heavy atom. The van der Waals surface area contributed by atoms with Gasteiger partial charge in [-0.3, -0.25) is 4.99 Å². The number of nitrogens with zero attached hydrogens (tertiary/aromatic N) is 4. The van der Waals surface area contributed by atoms with Crippen LogP contribution in [0, 0.1) is 5.41 Å². The number of benzene rings is 1. The predicted molar refractivity (Wildman–Crippen MR) is 123 cm³/mol. The molecule has 0 aliphatic carbocycles. The summed E-state index contributed by atoms with van der Waals surface area (Å²) in [4.78, 5) is 7.29. The molecule has 152 valence electrons. The summed E-state index contributed by atoms with van der Waals surface area (Å²) in [7, 11) is 0. The van der Waals surface area contributed by atoms with Crippen LogP contribution in [0.1, 0.15) is 25.3 Å². The highest BCUT2D eigenvalue weighted by molar-refractivity contribution is 14.0. The van der Waals surface area contributed by atoms with Gasteiger partial charge in [-0.25, -0.2) is 4.68 Å². The number of nitrogens with one attached hydrogen (secondary N) is 1. The molecule has 1 aromatic carbocycles. The molecule has 2 saturated heterocycles. The van der Waals surface area contributed by atoms with Gasteiger partial charge >= 0.3 is 0 Å². The maximum absolute atomic E-state index is 5.65. The summed E-state index contributed by atoms with van der Waals surface area (Å²) >= 11 is 0. The summed E-state index contributed by atoms with van der Waals surface area (Å²) in [6, 6.07) is 10.2. The first-order chi connectivity index (χ1) is 13.3. The molecule has 1 aromatic heterocycles. The summed E-state index contributed by atoms with van der Waals surface area (Å²) in [5.41, 5.74) is 2.65. The highest BCUT2D eigenvalue weighted by atomic mass is 127. The van der Waals surface area contributed by atoms with Crippen LogP contribution in [0.3, 0.4) is 0 Å². The number of rotatable bonds is 5. The molecule has 7 heteroatoms. The van der Waals surface area contributed by atoms with E-state index in [4.69, 9.17) is 9.73 Å². The molecule has 0 radical (unpaired) electrons. The third kappa shape index (κ3) is 4.86. The Morgan fingerprint density at radius 3 is 2.89 bits per heavy atom. The quantitative estimate of drug-likeness (QED) is 0.394. The van der Waals surface area contributed by atoms with Crippen molar-refractivity contribution in [1.29, 1.82) is 0 Å². The molecule has 6 nitrogen and oxygen atoms in total. The molecule has 1 unspecified atom stereocenters. The van der Waals surface area contributed by atoms with Crippen LogP contribution in [-0.2, 0) is 11.2 Å². The number of aromatic nitrogens is 2. The Kier molecular flexibility index (Phi) is 7.34. The lowest BCUT2D eigenvalue weighted by Crippen LogP contribution is -2.41. The molecule has 3 heterocycles. The van der Waals surface area contributed by atoms with Crippen LogP contribution in [0.2, 0.25) is 0 Å². The zero-order valence-corrected chi connectivity index (χ0v) is 18.8. The minimum Gasteiger partial charge on any atom is -0.381 e. The van der Waals surface area contributed by atoms with Crippen LogP contribution in [0.4, 0.5) is 0 Å². The van der Waals surface area contributed by atoms with Gasteiger partial charge in [0.2, 0.25) is 0 Å². The summed E-state index contributed by atoms with van der Waals surface area (Å²) < 4.78 is 7.58. The second-order valence-corrected chi connectivity index (χ2v) is 7.59. The molecule has 2 aliphatic rings. The van der Waals surface area contributed by atoms with Gasteiger partial charge in [-0.2, -0.15) is 5.10 Å². The minimum absolute atomic E-state index is 0. The fraction of sp³-hybridized carbons (Fsp3) is 0.524. The maximum atomic E-state index is 5.65. The molecular formula is C21H30IN5O. The lowest BCUT2D eigenvalue weighted by atomic mass is 9.87. The third-order valence-electron chi connectivity index (χ3n) is 5.58. The normalized spacial score (nSPS) is 21.9. The van der Waals surface area contributed by atoms with Crippen molar-refractivity contribution in [3.8, 4) is 5.69 Å². The van der Waals surface area contributed by atoms with Gasteiger partial charge in [0, 0.05) is 44.4 Å². The average molecular weight is 495 g/mol. The van der Waals surface area contributed by atoms with Gasteiger partial charge in [0.25, 0.3) is 0 Å².